The topological polar surface area (TPSA) is 72.8 Å². The predicted octanol–water partition coefficient (Wildman–Crippen LogP) is 2.59. The highest BCUT2D eigenvalue weighted by Crippen LogP contribution is 2.28. The SMILES string of the molecule is O=C1N(CCC2CCCCC2)CCC[C@@]1(O)CNCc1ccc(CO)cc1. The van der Waals surface area contributed by atoms with E-state index in [1.165, 1.54) is 32.1 Å². The molecule has 150 valence electrons. The first-order valence-electron chi connectivity index (χ1n) is 10.5. The fourth-order valence-electron chi connectivity index (χ4n) is 4.43. The van der Waals surface area contributed by atoms with E-state index >= 15 is 0 Å². The van der Waals surface area contributed by atoms with Crippen LogP contribution in [-0.2, 0) is 17.9 Å². The molecule has 1 aromatic carbocycles. The summed E-state index contributed by atoms with van der Waals surface area (Å²) >= 11 is 0. The zero-order chi connectivity index (χ0) is 19.1. The Morgan fingerprint density at radius 3 is 2.48 bits per heavy atom. The Balaban J connectivity index is 1.47. The van der Waals surface area contributed by atoms with Crippen molar-refractivity contribution in [1.82, 2.24) is 10.2 Å². The molecule has 0 unspecified atom stereocenters. The lowest BCUT2D eigenvalue weighted by atomic mass is 9.86. The number of piperidine rings is 1. The molecule has 0 aromatic heterocycles. The smallest absolute Gasteiger partial charge is 0.255 e. The number of aliphatic hydroxyl groups excluding tert-OH is 1. The van der Waals surface area contributed by atoms with Crippen molar-refractivity contribution in [3.8, 4) is 0 Å². The second-order valence-corrected chi connectivity index (χ2v) is 8.30. The Kier molecular flexibility index (Phi) is 7.27. The summed E-state index contributed by atoms with van der Waals surface area (Å²) in [6.07, 6.45) is 9.06. The van der Waals surface area contributed by atoms with Crippen molar-refractivity contribution in [2.45, 2.75) is 70.1 Å². The number of nitrogens with one attached hydrogen (secondary N) is 1. The van der Waals surface area contributed by atoms with Gasteiger partial charge in [-0.2, -0.15) is 0 Å². The summed E-state index contributed by atoms with van der Waals surface area (Å²) in [7, 11) is 0. The van der Waals surface area contributed by atoms with E-state index in [0.717, 1.165) is 43.0 Å². The zero-order valence-electron chi connectivity index (χ0n) is 16.3. The van der Waals surface area contributed by atoms with Crippen LogP contribution in [0.2, 0.25) is 0 Å². The summed E-state index contributed by atoms with van der Waals surface area (Å²) < 4.78 is 0. The Hall–Kier alpha value is -1.43. The summed E-state index contributed by atoms with van der Waals surface area (Å²) in [5.74, 6) is 0.647. The number of carbonyl (C=O) groups is 1. The highest BCUT2D eigenvalue weighted by Gasteiger charge is 2.41. The minimum Gasteiger partial charge on any atom is -0.392 e. The van der Waals surface area contributed by atoms with Crippen molar-refractivity contribution in [3.63, 3.8) is 0 Å². The molecule has 3 rings (SSSR count). The molecule has 1 saturated carbocycles. The Bertz CT molecular complexity index is 598. The van der Waals surface area contributed by atoms with Crippen molar-refractivity contribution in [3.05, 3.63) is 35.4 Å². The van der Waals surface area contributed by atoms with E-state index in [1.54, 1.807) is 0 Å². The molecule has 1 aliphatic heterocycles. The standard InChI is InChI=1S/C22H34N2O3/c25-16-20-9-7-19(8-10-20)15-23-17-22(27)12-4-13-24(21(22)26)14-11-18-5-2-1-3-6-18/h7-10,18,23,25,27H,1-6,11-17H2/t22-/m1/s1. The van der Waals surface area contributed by atoms with Gasteiger partial charge in [-0.05, 0) is 36.3 Å². The molecule has 1 amide bonds. The number of hydrogen-bond acceptors (Lipinski definition) is 4. The van der Waals surface area contributed by atoms with Crippen LogP contribution in [0.3, 0.4) is 0 Å². The summed E-state index contributed by atoms with van der Waals surface area (Å²) in [5.41, 5.74) is 0.678. The number of benzene rings is 1. The maximum Gasteiger partial charge on any atom is 0.255 e. The third-order valence-corrected chi connectivity index (χ3v) is 6.19. The number of nitrogens with zero attached hydrogens (tertiary/aromatic N) is 1. The van der Waals surface area contributed by atoms with E-state index in [2.05, 4.69) is 5.32 Å². The van der Waals surface area contributed by atoms with Crippen molar-refractivity contribution in [2.75, 3.05) is 19.6 Å². The molecule has 0 radical (unpaired) electrons. The van der Waals surface area contributed by atoms with Gasteiger partial charge < -0.3 is 20.4 Å². The highest BCUT2D eigenvalue weighted by atomic mass is 16.3. The Morgan fingerprint density at radius 2 is 1.78 bits per heavy atom. The van der Waals surface area contributed by atoms with Crippen LogP contribution >= 0.6 is 0 Å². The Labute approximate surface area is 162 Å². The van der Waals surface area contributed by atoms with Crippen molar-refractivity contribution in [2.24, 2.45) is 5.92 Å². The molecule has 0 bridgehead atoms. The van der Waals surface area contributed by atoms with E-state index in [4.69, 9.17) is 5.11 Å². The predicted molar refractivity (Wildman–Crippen MR) is 106 cm³/mol. The number of likely N-dealkylation sites (tertiary alicyclic amines) is 1. The maximum absolute atomic E-state index is 12.9. The third-order valence-electron chi connectivity index (χ3n) is 6.19. The van der Waals surface area contributed by atoms with E-state index in [1.807, 2.05) is 29.2 Å². The summed E-state index contributed by atoms with van der Waals surface area (Å²) in [4.78, 5) is 14.7. The number of rotatable bonds is 8. The van der Waals surface area contributed by atoms with Gasteiger partial charge in [0.25, 0.3) is 5.91 Å². The number of hydrogen-bond donors (Lipinski definition) is 3. The highest BCUT2D eigenvalue weighted by molar-refractivity contribution is 5.86. The largest absolute Gasteiger partial charge is 0.392 e. The van der Waals surface area contributed by atoms with Gasteiger partial charge in [-0.15, -0.1) is 0 Å². The normalized spacial score (nSPS) is 24.4. The molecule has 1 aliphatic carbocycles. The molecule has 1 atom stereocenters. The van der Waals surface area contributed by atoms with Gasteiger partial charge in [0.15, 0.2) is 5.60 Å². The first-order valence-corrected chi connectivity index (χ1v) is 10.5. The minimum absolute atomic E-state index is 0.0403. The van der Waals surface area contributed by atoms with Gasteiger partial charge in [0.05, 0.1) is 6.61 Å². The molecule has 1 saturated heterocycles. The first-order chi connectivity index (χ1) is 13.1. The van der Waals surface area contributed by atoms with Gasteiger partial charge >= 0.3 is 0 Å². The second-order valence-electron chi connectivity index (χ2n) is 8.30. The second kappa shape index (κ2) is 9.67. The molecule has 3 N–H and O–H groups in total. The number of carbonyl (C=O) groups excluding carboxylic acids is 1. The fourth-order valence-corrected chi connectivity index (χ4v) is 4.43. The van der Waals surface area contributed by atoms with Crippen molar-refractivity contribution < 1.29 is 15.0 Å². The molecular formula is C22H34N2O3. The average molecular weight is 375 g/mol. The lowest BCUT2D eigenvalue weighted by Crippen LogP contribution is -2.58. The van der Waals surface area contributed by atoms with Crippen LogP contribution in [0.15, 0.2) is 24.3 Å². The quantitative estimate of drug-likeness (QED) is 0.654. The summed E-state index contributed by atoms with van der Waals surface area (Å²) in [6.45, 7) is 2.49. The molecule has 2 aliphatic rings. The zero-order valence-corrected chi connectivity index (χ0v) is 16.3. The summed E-state index contributed by atoms with van der Waals surface area (Å²) in [5, 5.41) is 23.3. The molecule has 27 heavy (non-hydrogen) atoms. The molecule has 5 nitrogen and oxygen atoms in total. The monoisotopic (exact) mass is 374 g/mol. The van der Waals surface area contributed by atoms with E-state index in [9.17, 15) is 9.90 Å². The van der Waals surface area contributed by atoms with Crippen LogP contribution in [0.5, 0.6) is 0 Å². The molecule has 1 aromatic rings. The fraction of sp³-hybridized carbons (Fsp3) is 0.682. The lowest BCUT2D eigenvalue weighted by Gasteiger charge is -2.39. The molecule has 5 heteroatoms. The Morgan fingerprint density at radius 1 is 1.07 bits per heavy atom. The van der Waals surface area contributed by atoms with E-state index in [0.29, 0.717) is 13.0 Å². The van der Waals surface area contributed by atoms with Crippen molar-refractivity contribution in [1.29, 1.82) is 0 Å². The van der Waals surface area contributed by atoms with Crippen molar-refractivity contribution >= 4 is 5.91 Å². The molecule has 1 heterocycles. The molecule has 0 spiro atoms. The van der Waals surface area contributed by atoms with Crippen LogP contribution in [0.1, 0.15) is 62.5 Å². The third kappa shape index (κ3) is 5.53. The van der Waals surface area contributed by atoms with Gasteiger partial charge in [-0.1, -0.05) is 56.4 Å². The van der Waals surface area contributed by atoms with Crippen LogP contribution in [0.4, 0.5) is 0 Å². The number of aliphatic hydroxyl groups is 2. The molecular weight excluding hydrogens is 340 g/mol. The van der Waals surface area contributed by atoms with E-state index in [-0.39, 0.29) is 19.1 Å². The van der Waals surface area contributed by atoms with Gasteiger partial charge in [-0.3, -0.25) is 4.79 Å². The van der Waals surface area contributed by atoms with Gasteiger partial charge in [0.2, 0.25) is 0 Å². The van der Waals surface area contributed by atoms with Gasteiger partial charge in [0, 0.05) is 26.2 Å². The van der Waals surface area contributed by atoms with Crippen LogP contribution in [0, 0.1) is 5.92 Å². The van der Waals surface area contributed by atoms with Crippen LogP contribution in [-0.4, -0.2) is 46.3 Å². The summed E-state index contributed by atoms with van der Waals surface area (Å²) in [6, 6.07) is 7.71. The maximum atomic E-state index is 12.9. The molecule has 2 fully saturated rings. The van der Waals surface area contributed by atoms with Gasteiger partial charge in [-0.25, -0.2) is 0 Å². The lowest BCUT2D eigenvalue weighted by molar-refractivity contribution is -0.156. The average Bonchev–Trinajstić information content (AvgIpc) is 2.70. The van der Waals surface area contributed by atoms with E-state index < -0.39 is 5.60 Å². The number of amides is 1. The first kappa shape index (κ1) is 20.3. The van der Waals surface area contributed by atoms with Gasteiger partial charge in [0.1, 0.15) is 0 Å². The van der Waals surface area contributed by atoms with Crippen LogP contribution < -0.4 is 5.32 Å². The van der Waals surface area contributed by atoms with Crippen LogP contribution in [0.25, 0.3) is 0 Å². The minimum atomic E-state index is -1.28.